The first-order valence-electron chi connectivity index (χ1n) is 7.86. The Morgan fingerprint density at radius 2 is 1.86 bits per heavy atom. The zero-order valence-electron chi connectivity index (χ0n) is 14.0. The molecule has 3 heteroatoms. The molecule has 0 radical (unpaired) electrons. The summed E-state index contributed by atoms with van der Waals surface area (Å²) in [5, 5.41) is 3.50. The maximum atomic E-state index is 5.54. The molecule has 1 atom stereocenters. The molecule has 120 valence electrons. The monoisotopic (exact) mass is 293 g/mol. The summed E-state index contributed by atoms with van der Waals surface area (Å²) < 4.78 is 10.6. The summed E-state index contributed by atoms with van der Waals surface area (Å²) in [6.45, 7) is 7.02. The molecule has 0 bridgehead atoms. The van der Waals surface area contributed by atoms with Crippen LogP contribution >= 0.6 is 0 Å². The Labute approximate surface area is 130 Å². The Hall–Kier alpha value is -0.900. The normalized spacial score (nSPS) is 13.3. The van der Waals surface area contributed by atoms with Gasteiger partial charge in [-0.3, -0.25) is 0 Å². The van der Waals surface area contributed by atoms with E-state index < -0.39 is 0 Å². The molecule has 0 saturated heterocycles. The van der Waals surface area contributed by atoms with Gasteiger partial charge in [0.1, 0.15) is 0 Å². The van der Waals surface area contributed by atoms with E-state index in [2.05, 4.69) is 49.5 Å². The highest BCUT2D eigenvalue weighted by Crippen LogP contribution is 2.21. The van der Waals surface area contributed by atoms with E-state index in [0.29, 0.717) is 5.92 Å². The first-order valence-corrected chi connectivity index (χ1v) is 7.86. The van der Waals surface area contributed by atoms with Gasteiger partial charge in [-0.1, -0.05) is 30.3 Å². The topological polar surface area (TPSA) is 30.5 Å². The van der Waals surface area contributed by atoms with Crippen molar-refractivity contribution < 1.29 is 9.47 Å². The van der Waals surface area contributed by atoms with Gasteiger partial charge in [-0.25, -0.2) is 0 Å². The second kappa shape index (κ2) is 9.93. The van der Waals surface area contributed by atoms with Gasteiger partial charge in [0.2, 0.25) is 0 Å². The van der Waals surface area contributed by atoms with E-state index in [4.69, 9.17) is 9.47 Å². The summed E-state index contributed by atoms with van der Waals surface area (Å²) in [5.41, 5.74) is 1.37. The second-order valence-corrected chi connectivity index (χ2v) is 6.26. The highest BCUT2D eigenvalue weighted by molar-refractivity contribution is 5.15. The molecule has 0 aliphatic rings. The summed E-state index contributed by atoms with van der Waals surface area (Å²) >= 11 is 0. The number of hydrogen-bond acceptors (Lipinski definition) is 3. The number of rotatable bonds is 11. The van der Waals surface area contributed by atoms with Crippen molar-refractivity contribution in [1.82, 2.24) is 5.32 Å². The molecule has 0 aromatic heterocycles. The molecule has 1 aromatic rings. The molecular formula is C18H31NO2. The van der Waals surface area contributed by atoms with Crippen LogP contribution in [0.4, 0.5) is 0 Å². The Morgan fingerprint density at radius 1 is 1.14 bits per heavy atom. The van der Waals surface area contributed by atoms with E-state index in [9.17, 15) is 0 Å². The third-order valence-electron chi connectivity index (χ3n) is 3.99. The van der Waals surface area contributed by atoms with Crippen LogP contribution in [0.25, 0.3) is 0 Å². The average Bonchev–Trinajstić information content (AvgIpc) is 2.50. The van der Waals surface area contributed by atoms with Gasteiger partial charge < -0.3 is 14.8 Å². The third kappa shape index (κ3) is 8.20. The predicted molar refractivity (Wildman–Crippen MR) is 88.7 cm³/mol. The van der Waals surface area contributed by atoms with Crippen LogP contribution in [0, 0.1) is 5.92 Å². The molecule has 3 nitrogen and oxygen atoms in total. The van der Waals surface area contributed by atoms with Crippen LogP contribution in [0.5, 0.6) is 0 Å². The summed E-state index contributed by atoms with van der Waals surface area (Å²) in [4.78, 5) is 0. The van der Waals surface area contributed by atoms with Crippen LogP contribution in [0.3, 0.4) is 0 Å². The van der Waals surface area contributed by atoms with Gasteiger partial charge >= 0.3 is 0 Å². The molecule has 21 heavy (non-hydrogen) atoms. The summed E-state index contributed by atoms with van der Waals surface area (Å²) in [6, 6.07) is 10.7. The van der Waals surface area contributed by atoms with Crippen molar-refractivity contribution in [3.63, 3.8) is 0 Å². The van der Waals surface area contributed by atoms with Crippen molar-refractivity contribution in [2.24, 2.45) is 5.92 Å². The zero-order chi connectivity index (χ0) is 15.6. The SMILES string of the molecule is COCCNCC(CCC(C)(C)OC)Cc1ccccc1. The van der Waals surface area contributed by atoms with E-state index >= 15 is 0 Å². The third-order valence-corrected chi connectivity index (χ3v) is 3.99. The maximum absolute atomic E-state index is 5.54. The number of benzene rings is 1. The molecule has 0 spiro atoms. The molecule has 1 rings (SSSR count). The summed E-state index contributed by atoms with van der Waals surface area (Å²) in [5.74, 6) is 0.624. The van der Waals surface area contributed by atoms with Crippen LogP contribution in [-0.4, -0.2) is 39.5 Å². The molecule has 0 fully saturated rings. The number of hydrogen-bond donors (Lipinski definition) is 1. The Balaban J connectivity index is 2.48. The fourth-order valence-corrected chi connectivity index (χ4v) is 2.36. The van der Waals surface area contributed by atoms with Crippen LogP contribution < -0.4 is 5.32 Å². The average molecular weight is 293 g/mol. The number of methoxy groups -OCH3 is 2. The number of ether oxygens (including phenoxy) is 2. The maximum Gasteiger partial charge on any atom is 0.0622 e. The van der Waals surface area contributed by atoms with Gasteiger partial charge in [0.05, 0.1) is 12.2 Å². The van der Waals surface area contributed by atoms with Crippen LogP contribution in [0.1, 0.15) is 32.3 Å². The van der Waals surface area contributed by atoms with Crippen molar-refractivity contribution in [3.8, 4) is 0 Å². The minimum atomic E-state index is -0.0402. The first-order chi connectivity index (χ1) is 10.1. The lowest BCUT2D eigenvalue weighted by Gasteiger charge is -2.26. The predicted octanol–water partition coefficient (Wildman–Crippen LogP) is 3.29. The molecular weight excluding hydrogens is 262 g/mol. The van der Waals surface area contributed by atoms with E-state index in [0.717, 1.165) is 39.0 Å². The molecule has 0 heterocycles. The van der Waals surface area contributed by atoms with Crippen molar-refractivity contribution in [1.29, 1.82) is 0 Å². The van der Waals surface area contributed by atoms with Crippen LogP contribution in [0.15, 0.2) is 30.3 Å². The largest absolute Gasteiger partial charge is 0.383 e. The number of nitrogens with one attached hydrogen (secondary N) is 1. The fraction of sp³-hybridized carbons (Fsp3) is 0.667. The van der Waals surface area contributed by atoms with E-state index in [-0.39, 0.29) is 5.60 Å². The minimum Gasteiger partial charge on any atom is -0.383 e. The minimum absolute atomic E-state index is 0.0402. The Morgan fingerprint density at radius 3 is 2.48 bits per heavy atom. The molecule has 0 aliphatic heterocycles. The highest BCUT2D eigenvalue weighted by atomic mass is 16.5. The van der Waals surface area contributed by atoms with E-state index in [1.54, 1.807) is 14.2 Å². The lowest BCUT2D eigenvalue weighted by Crippen LogP contribution is -2.30. The highest BCUT2D eigenvalue weighted by Gasteiger charge is 2.19. The Bertz CT molecular complexity index is 365. The van der Waals surface area contributed by atoms with Gasteiger partial charge in [0.25, 0.3) is 0 Å². The van der Waals surface area contributed by atoms with Crippen molar-refractivity contribution in [2.45, 2.75) is 38.7 Å². The quantitative estimate of drug-likeness (QED) is 0.635. The van der Waals surface area contributed by atoms with Crippen molar-refractivity contribution >= 4 is 0 Å². The van der Waals surface area contributed by atoms with Crippen molar-refractivity contribution in [2.75, 3.05) is 33.9 Å². The lowest BCUT2D eigenvalue weighted by molar-refractivity contribution is 0.0103. The van der Waals surface area contributed by atoms with Gasteiger partial charge in [-0.15, -0.1) is 0 Å². The molecule has 1 N–H and O–H groups in total. The van der Waals surface area contributed by atoms with E-state index in [1.165, 1.54) is 5.56 Å². The Kier molecular flexibility index (Phi) is 8.58. The van der Waals surface area contributed by atoms with Gasteiger partial charge in [0.15, 0.2) is 0 Å². The smallest absolute Gasteiger partial charge is 0.0622 e. The summed E-state index contributed by atoms with van der Waals surface area (Å²) in [7, 11) is 3.53. The second-order valence-electron chi connectivity index (χ2n) is 6.26. The van der Waals surface area contributed by atoms with Crippen molar-refractivity contribution in [3.05, 3.63) is 35.9 Å². The lowest BCUT2D eigenvalue weighted by atomic mass is 9.90. The molecule has 0 aliphatic carbocycles. The van der Waals surface area contributed by atoms with Gasteiger partial charge in [-0.2, -0.15) is 0 Å². The fourth-order valence-electron chi connectivity index (χ4n) is 2.36. The molecule has 0 amide bonds. The van der Waals surface area contributed by atoms with Crippen LogP contribution in [-0.2, 0) is 15.9 Å². The zero-order valence-corrected chi connectivity index (χ0v) is 14.0. The first kappa shape index (κ1) is 18.1. The van der Waals surface area contributed by atoms with Crippen LogP contribution in [0.2, 0.25) is 0 Å². The molecule has 0 saturated carbocycles. The van der Waals surface area contributed by atoms with E-state index in [1.807, 2.05) is 0 Å². The molecule has 1 aromatic carbocycles. The van der Waals surface area contributed by atoms with Gasteiger partial charge in [0, 0.05) is 20.8 Å². The standard InChI is InChI=1S/C18H31NO2/c1-18(2,21-4)11-10-17(15-19-12-13-20-3)14-16-8-6-5-7-9-16/h5-9,17,19H,10-15H2,1-4H3. The molecule has 1 unspecified atom stereocenters. The summed E-state index contributed by atoms with van der Waals surface area (Å²) in [6.07, 6.45) is 3.35. The van der Waals surface area contributed by atoms with Gasteiger partial charge in [-0.05, 0) is 51.1 Å².